The maximum atomic E-state index is 12.8. The molecule has 1 aromatic heterocycles. The Morgan fingerprint density at radius 1 is 1.13 bits per heavy atom. The van der Waals surface area contributed by atoms with Crippen LogP contribution in [0.2, 0.25) is 0 Å². The Morgan fingerprint density at radius 3 is 2.60 bits per heavy atom. The Kier molecular flexibility index (Phi) is 5.43. The topological polar surface area (TPSA) is 82.8 Å². The maximum Gasteiger partial charge on any atom is 0.337 e. The lowest BCUT2D eigenvalue weighted by molar-refractivity contribution is -0.121. The van der Waals surface area contributed by atoms with Crippen molar-refractivity contribution in [1.29, 1.82) is 0 Å². The number of rotatable bonds is 5. The molecular formula is C22H16N2O4S2. The van der Waals surface area contributed by atoms with Crippen LogP contribution in [0, 0.1) is 6.92 Å². The molecule has 2 N–H and O–H groups in total. The first-order chi connectivity index (χ1) is 14.4. The highest BCUT2D eigenvalue weighted by Gasteiger charge is 2.33. The molecule has 6 nitrogen and oxygen atoms in total. The number of carbonyl (C=O) groups is 2. The predicted octanol–water partition coefficient (Wildman–Crippen LogP) is 5.18. The van der Waals surface area contributed by atoms with E-state index in [0.717, 1.165) is 27.9 Å². The van der Waals surface area contributed by atoms with Crippen LogP contribution in [0.3, 0.4) is 0 Å². The Morgan fingerprint density at radius 2 is 1.87 bits per heavy atom. The van der Waals surface area contributed by atoms with Crippen molar-refractivity contribution < 1.29 is 19.1 Å². The standard InChI is InChI=1S/C22H16N2O4S2/c1-13-6-8-14(9-7-13)18-11-10-15(28-18)12-19-20(25)24(22(29)30-19)23-17-5-3-2-4-16(17)21(26)27/h2-12,23H,1H3,(H,26,27). The number of nitrogens with one attached hydrogen (secondary N) is 1. The van der Waals surface area contributed by atoms with Crippen molar-refractivity contribution in [2.45, 2.75) is 6.92 Å². The molecule has 2 heterocycles. The van der Waals surface area contributed by atoms with E-state index in [2.05, 4.69) is 5.43 Å². The van der Waals surface area contributed by atoms with Crippen molar-refractivity contribution in [2.24, 2.45) is 0 Å². The number of para-hydroxylation sites is 1. The average molecular weight is 437 g/mol. The summed E-state index contributed by atoms with van der Waals surface area (Å²) in [4.78, 5) is 24.6. The number of carboxylic acids is 1. The van der Waals surface area contributed by atoms with Crippen LogP contribution in [0.5, 0.6) is 0 Å². The lowest BCUT2D eigenvalue weighted by Crippen LogP contribution is -2.34. The zero-order valence-corrected chi connectivity index (χ0v) is 17.4. The van der Waals surface area contributed by atoms with Gasteiger partial charge in [0.05, 0.1) is 16.2 Å². The molecule has 0 radical (unpaired) electrons. The number of nitrogens with zero attached hydrogens (tertiary/aromatic N) is 1. The first kappa shape index (κ1) is 19.9. The van der Waals surface area contributed by atoms with Crippen LogP contribution in [0.4, 0.5) is 5.69 Å². The number of aromatic carboxylic acids is 1. The van der Waals surface area contributed by atoms with E-state index in [-0.39, 0.29) is 21.5 Å². The zero-order valence-electron chi connectivity index (χ0n) is 15.8. The van der Waals surface area contributed by atoms with E-state index in [0.29, 0.717) is 16.4 Å². The zero-order chi connectivity index (χ0) is 21.3. The summed E-state index contributed by atoms with van der Waals surface area (Å²) in [6.07, 6.45) is 1.63. The van der Waals surface area contributed by atoms with Gasteiger partial charge in [-0.2, -0.15) is 0 Å². The van der Waals surface area contributed by atoms with Gasteiger partial charge in [0.2, 0.25) is 0 Å². The SMILES string of the molecule is Cc1ccc(-c2ccc(C=C3SC(=S)N(Nc4ccccc4C(=O)O)C3=O)o2)cc1. The minimum absolute atomic E-state index is 0.0457. The van der Waals surface area contributed by atoms with Gasteiger partial charge in [0.15, 0.2) is 4.32 Å². The molecule has 0 saturated carbocycles. The molecule has 150 valence electrons. The number of hydrogen-bond acceptors (Lipinski definition) is 6. The van der Waals surface area contributed by atoms with E-state index in [1.807, 2.05) is 37.3 Å². The first-order valence-electron chi connectivity index (χ1n) is 8.96. The molecule has 3 aromatic rings. The molecule has 1 aliphatic rings. The number of thioether (sulfide) groups is 1. The number of furan rings is 1. The average Bonchev–Trinajstić information content (AvgIpc) is 3.29. The van der Waals surface area contributed by atoms with Gasteiger partial charge in [0.25, 0.3) is 5.91 Å². The molecule has 1 aliphatic heterocycles. The summed E-state index contributed by atoms with van der Waals surface area (Å²) in [7, 11) is 0. The molecule has 0 bridgehead atoms. The number of aryl methyl sites for hydroxylation is 1. The van der Waals surface area contributed by atoms with Gasteiger partial charge in [-0.05, 0) is 43.4 Å². The van der Waals surface area contributed by atoms with Gasteiger partial charge < -0.3 is 9.52 Å². The number of benzene rings is 2. The lowest BCUT2D eigenvalue weighted by atomic mass is 10.1. The summed E-state index contributed by atoms with van der Waals surface area (Å²) in [5.74, 6) is -0.251. The van der Waals surface area contributed by atoms with Crippen molar-refractivity contribution in [1.82, 2.24) is 5.01 Å². The normalized spacial score (nSPS) is 15.1. The van der Waals surface area contributed by atoms with Gasteiger partial charge in [-0.25, -0.2) is 9.80 Å². The van der Waals surface area contributed by atoms with Gasteiger partial charge >= 0.3 is 5.97 Å². The van der Waals surface area contributed by atoms with Gasteiger partial charge in [-0.15, -0.1) is 0 Å². The summed E-state index contributed by atoms with van der Waals surface area (Å²) in [5, 5.41) is 10.5. The van der Waals surface area contributed by atoms with Crippen LogP contribution in [-0.2, 0) is 4.79 Å². The third-order valence-electron chi connectivity index (χ3n) is 4.42. The molecule has 2 aromatic carbocycles. The number of carbonyl (C=O) groups excluding carboxylic acids is 1. The van der Waals surface area contributed by atoms with E-state index in [9.17, 15) is 14.7 Å². The summed E-state index contributed by atoms with van der Waals surface area (Å²) < 4.78 is 6.13. The van der Waals surface area contributed by atoms with E-state index >= 15 is 0 Å². The second-order valence-corrected chi connectivity index (χ2v) is 8.22. The van der Waals surface area contributed by atoms with Crippen molar-refractivity contribution in [3.05, 3.63) is 82.5 Å². The minimum Gasteiger partial charge on any atom is -0.478 e. The molecular weight excluding hydrogens is 420 g/mol. The second-order valence-electron chi connectivity index (χ2n) is 6.55. The summed E-state index contributed by atoms with van der Waals surface area (Å²) in [6, 6.07) is 17.9. The van der Waals surface area contributed by atoms with Crippen molar-refractivity contribution in [3.63, 3.8) is 0 Å². The van der Waals surface area contributed by atoms with Crippen molar-refractivity contribution >= 4 is 51.9 Å². The van der Waals surface area contributed by atoms with Crippen molar-refractivity contribution in [3.8, 4) is 11.3 Å². The highest BCUT2D eigenvalue weighted by Crippen LogP contribution is 2.34. The Bertz CT molecular complexity index is 1180. The lowest BCUT2D eigenvalue weighted by Gasteiger charge is -2.18. The molecule has 4 rings (SSSR count). The summed E-state index contributed by atoms with van der Waals surface area (Å²) in [6.45, 7) is 2.02. The maximum absolute atomic E-state index is 12.8. The quantitative estimate of drug-likeness (QED) is 0.421. The van der Waals surface area contributed by atoms with Crippen LogP contribution < -0.4 is 5.43 Å². The minimum atomic E-state index is -1.10. The molecule has 8 heteroatoms. The number of thiocarbonyl (C=S) groups is 1. The first-order valence-corrected chi connectivity index (χ1v) is 10.2. The molecule has 1 amide bonds. The highest BCUT2D eigenvalue weighted by atomic mass is 32.2. The summed E-state index contributed by atoms with van der Waals surface area (Å²) in [5.41, 5.74) is 5.24. The summed E-state index contributed by atoms with van der Waals surface area (Å²) >= 11 is 6.42. The van der Waals surface area contributed by atoms with Crippen LogP contribution in [0.1, 0.15) is 21.7 Å². The number of amides is 1. The Balaban J connectivity index is 1.55. The van der Waals surface area contributed by atoms with Gasteiger partial charge in [0.1, 0.15) is 11.5 Å². The van der Waals surface area contributed by atoms with E-state index in [1.54, 1.807) is 30.3 Å². The van der Waals surface area contributed by atoms with Crippen LogP contribution in [-0.4, -0.2) is 26.3 Å². The van der Waals surface area contributed by atoms with Crippen LogP contribution >= 0.6 is 24.0 Å². The largest absolute Gasteiger partial charge is 0.478 e. The molecule has 0 aliphatic carbocycles. The van der Waals surface area contributed by atoms with E-state index < -0.39 is 5.97 Å². The third-order valence-corrected chi connectivity index (χ3v) is 5.72. The number of carboxylic acid groups (broad SMARTS) is 1. The van der Waals surface area contributed by atoms with E-state index in [1.165, 1.54) is 6.07 Å². The molecule has 1 fully saturated rings. The fraction of sp³-hybridized carbons (Fsp3) is 0.0455. The van der Waals surface area contributed by atoms with Crippen molar-refractivity contribution in [2.75, 3.05) is 5.43 Å². The van der Waals surface area contributed by atoms with Crippen LogP contribution in [0.25, 0.3) is 17.4 Å². The van der Waals surface area contributed by atoms with Gasteiger partial charge in [0, 0.05) is 11.6 Å². The predicted molar refractivity (Wildman–Crippen MR) is 121 cm³/mol. The molecule has 0 spiro atoms. The monoisotopic (exact) mass is 436 g/mol. The highest BCUT2D eigenvalue weighted by molar-refractivity contribution is 8.26. The molecule has 30 heavy (non-hydrogen) atoms. The number of hydrazine groups is 1. The van der Waals surface area contributed by atoms with E-state index in [4.69, 9.17) is 16.6 Å². The number of hydrogen-bond donors (Lipinski definition) is 2. The third kappa shape index (κ3) is 4.00. The van der Waals surface area contributed by atoms with Gasteiger partial charge in [-0.3, -0.25) is 10.2 Å². The number of anilines is 1. The van der Waals surface area contributed by atoms with Crippen LogP contribution in [0.15, 0.2) is 70.0 Å². The molecule has 0 unspecified atom stereocenters. The Labute approximate surface area is 182 Å². The fourth-order valence-corrected chi connectivity index (χ4v) is 4.04. The Hall–Kier alpha value is -3.36. The van der Waals surface area contributed by atoms with Gasteiger partial charge in [-0.1, -0.05) is 53.7 Å². The fourth-order valence-electron chi connectivity index (χ4n) is 2.88. The molecule has 1 saturated heterocycles. The molecule has 0 atom stereocenters. The smallest absolute Gasteiger partial charge is 0.337 e. The second kappa shape index (κ2) is 8.17.